The number of ether oxygens (including phenoxy) is 2. The van der Waals surface area contributed by atoms with Crippen LogP contribution in [0, 0.1) is 5.92 Å². The molecule has 1 saturated heterocycles. The molecule has 1 aliphatic rings. The Bertz CT molecular complexity index is 503. The number of hydrogen-bond acceptors (Lipinski definition) is 5. The van der Waals surface area contributed by atoms with E-state index in [-0.39, 0.29) is 6.10 Å². The number of alkyl carbamates (subject to hydrolysis) is 1. The monoisotopic (exact) mass is 350 g/mol. The topological polar surface area (TPSA) is 79.8 Å². The second kappa shape index (κ2) is 10.4. The van der Waals surface area contributed by atoms with Crippen molar-refractivity contribution in [3.63, 3.8) is 0 Å². The Kier molecular flexibility index (Phi) is 8.18. The van der Waals surface area contributed by atoms with Gasteiger partial charge in [-0.3, -0.25) is 0 Å². The first kappa shape index (κ1) is 19.7. The molecule has 3 atom stereocenters. The van der Waals surface area contributed by atoms with Gasteiger partial charge in [-0.2, -0.15) is 0 Å². The maximum absolute atomic E-state index is 12.2. The van der Waals surface area contributed by atoms with E-state index in [1.807, 2.05) is 30.3 Å². The van der Waals surface area contributed by atoms with Crippen molar-refractivity contribution in [3.05, 3.63) is 35.9 Å². The Morgan fingerprint density at radius 3 is 2.72 bits per heavy atom. The zero-order valence-electron chi connectivity index (χ0n) is 15.1. The smallest absolute Gasteiger partial charge is 0.407 e. The highest BCUT2D eigenvalue weighted by Gasteiger charge is 2.25. The summed E-state index contributed by atoms with van der Waals surface area (Å²) in [6.07, 6.45) is -0.143. The SMILES string of the molecule is CC(C)CNCC(O)[C@H](Cc1ccccc1)NC(=O)OC1CCOC1. The minimum Gasteiger partial charge on any atom is -0.444 e. The third-order valence-electron chi connectivity index (χ3n) is 4.13. The largest absolute Gasteiger partial charge is 0.444 e. The number of rotatable bonds is 9. The molecule has 0 saturated carbocycles. The first-order valence-corrected chi connectivity index (χ1v) is 9.02. The van der Waals surface area contributed by atoms with Crippen LogP contribution in [0.3, 0.4) is 0 Å². The fourth-order valence-corrected chi connectivity index (χ4v) is 2.76. The van der Waals surface area contributed by atoms with Crippen LogP contribution in [0.1, 0.15) is 25.8 Å². The van der Waals surface area contributed by atoms with Crippen LogP contribution in [0.25, 0.3) is 0 Å². The third-order valence-corrected chi connectivity index (χ3v) is 4.13. The second-order valence-electron chi connectivity index (χ2n) is 6.95. The number of carbonyl (C=O) groups is 1. The van der Waals surface area contributed by atoms with Crippen LogP contribution in [-0.4, -0.2) is 55.8 Å². The molecule has 1 heterocycles. The number of benzene rings is 1. The van der Waals surface area contributed by atoms with Gasteiger partial charge in [0.05, 0.1) is 25.4 Å². The zero-order chi connectivity index (χ0) is 18.1. The van der Waals surface area contributed by atoms with E-state index >= 15 is 0 Å². The quantitative estimate of drug-likeness (QED) is 0.632. The Morgan fingerprint density at radius 1 is 1.32 bits per heavy atom. The molecule has 0 radical (unpaired) electrons. The molecule has 1 amide bonds. The Labute approximate surface area is 149 Å². The number of carbonyl (C=O) groups excluding carboxylic acids is 1. The molecule has 3 N–H and O–H groups in total. The summed E-state index contributed by atoms with van der Waals surface area (Å²) in [7, 11) is 0. The molecule has 6 nitrogen and oxygen atoms in total. The maximum atomic E-state index is 12.2. The van der Waals surface area contributed by atoms with Crippen LogP contribution in [0.5, 0.6) is 0 Å². The van der Waals surface area contributed by atoms with Gasteiger partial charge in [0.2, 0.25) is 0 Å². The first-order valence-electron chi connectivity index (χ1n) is 9.02. The molecule has 25 heavy (non-hydrogen) atoms. The third kappa shape index (κ3) is 7.42. The standard InChI is InChI=1S/C19H30N2O4/c1-14(2)11-20-12-18(22)17(10-15-6-4-3-5-7-15)21-19(23)25-16-8-9-24-13-16/h3-7,14,16-18,20,22H,8-13H2,1-2H3,(H,21,23)/t16?,17-,18?/m0/s1. The molecule has 1 aromatic rings. The van der Waals surface area contributed by atoms with Gasteiger partial charge in [0, 0.05) is 13.0 Å². The fraction of sp³-hybridized carbons (Fsp3) is 0.632. The van der Waals surface area contributed by atoms with Gasteiger partial charge >= 0.3 is 6.09 Å². The molecule has 1 fully saturated rings. The summed E-state index contributed by atoms with van der Waals surface area (Å²) in [5.74, 6) is 0.500. The molecular weight excluding hydrogens is 320 g/mol. The van der Waals surface area contributed by atoms with Crippen molar-refractivity contribution >= 4 is 6.09 Å². The van der Waals surface area contributed by atoms with Crippen molar-refractivity contribution in [1.82, 2.24) is 10.6 Å². The van der Waals surface area contributed by atoms with Crippen LogP contribution in [-0.2, 0) is 15.9 Å². The first-order chi connectivity index (χ1) is 12.0. The van der Waals surface area contributed by atoms with E-state index in [9.17, 15) is 9.90 Å². The lowest BCUT2D eigenvalue weighted by molar-refractivity contribution is 0.0688. The van der Waals surface area contributed by atoms with Crippen molar-refractivity contribution in [3.8, 4) is 0 Å². The average molecular weight is 350 g/mol. The molecular formula is C19H30N2O4. The maximum Gasteiger partial charge on any atom is 0.407 e. The zero-order valence-corrected chi connectivity index (χ0v) is 15.1. The predicted octanol–water partition coefficient (Wildman–Crippen LogP) is 1.72. The van der Waals surface area contributed by atoms with Crippen LogP contribution >= 0.6 is 0 Å². The molecule has 1 aromatic carbocycles. The van der Waals surface area contributed by atoms with E-state index in [1.165, 1.54) is 0 Å². The number of aliphatic hydroxyl groups is 1. The van der Waals surface area contributed by atoms with E-state index in [1.54, 1.807) is 0 Å². The second-order valence-corrected chi connectivity index (χ2v) is 6.95. The highest BCUT2D eigenvalue weighted by Crippen LogP contribution is 2.10. The lowest BCUT2D eigenvalue weighted by Crippen LogP contribution is -2.49. The Balaban J connectivity index is 1.91. The van der Waals surface area contributed by atoms with E-state index in [0.29, 0.717) is 32.1 Å². The number of aliphatic hydroxyl groups excluding tert-OH is 1. The van der Waals surface area contributed by atoms with Gasteiger partial charge in [0.1, 0.15) is 6.10 Å². The summed E-state index contributed by atoms with van der Waals surface area (Å²) in [4.78, 5) is 12.2. The van der Waals surface area contributed by atoms with E-state index in [0.717, 1.165) is 18.5 Å². The molecule has 0 bridgehead atoms. The Hall–Kier alpha value is -1.63. The molecule has 140 valence electrons. The number of hydrogen-bond donors (Lipinski definition) is 3. The van der Waals surface area contributed by atoms with Crippen LogP contribution in [0.4, 0.5) is 4.79 Å². The van der Waals surface area contributed by atoms with Gasteiger partial charge in [-0.25, -0.2) is 4.79 Å². The van der Waals surface area contributed by atoms with Gasteiger partial charge < -0.3 is 25.2 Å². The minimum absolute atomic E-state index is 0.200. The lowest BCUT2D eigenvalue weighted by Gasteiger charge is -2.25. The van der Waals surface area contributed by atoms with E-state index in [4.69, 9.17) is 9.47 Å². The van der Waals surface area contributed by atoms with Gasteiger partial charge in [-0.15, -0.1) is 0 Å². The van der Waals surface area contributed by atoms with Crippen molar-refractivity contribution in [1.29, 1.82) is 0 Å². The van der Waals surface area contributed by atoms with E-state index in [2.05, 4.69) is 24.5 Å². The molecule has 0 aromatic heterocycles. The molecule has 0 spiro atoms. The van der Waals surface area contributed by atoms with Crippen molar-refractivity contribution in [2.75, 3.05) is 26.3 Å². The molecule has 6 heteroatoms. The van der Waals surface area contributed by atoms with Gasteiger partial charge in [0.15, 0.2) is 0 Å². The van der Waals surface area contributed by atoms with E-state index < -0.39 is 18.2 Å². The minimum atomic E-state index is -0.702. The number of amides is 1. The summed E-state index contributed by atoms with van der Waals surface area (Å²) in [6, 6.07) is 9.39. The normalized spacial score (nSPS) is 19.6. The van der Waals surface area contributed by atoms with Crippen molar-refractivity contribution in [2.24, 2.45) is 5.92 Å². The average Bonchev–Trinajstić information content (AvgIpc) is 3.07. The summed E-state index contributed by atoms with van der Waals surface area (Å²) in [6.45, 7) is 6.52. The van der Waals surface area contributed by atoms with Crippen LogP contribution in [0.2, 0.25) is 0 Å². The van der Waals surface area contributed by atoms with Gasteiger partial charge in [-0.1, -0.05) is 44.2 Å². The molecule has 0 aliphatic carbocycles. The van der Waals surface area contributed by atoms with Gasteiger partial charge in [-0.05, 0) is 24.4 Å². The lowest BCUT2D eigenvalue weighted by atomic mass is 10.0. The van der Waals surface area contributed by atoms with Crippen LogP contribution in [0.15, 0.2) is 30.3 Å². The predicted molar refractivity (Wildman–Crippen MR) is 96.5 cm³/mol. The summed E-state index contributed by atoms with van der Waals surface area (Å²) >= 11 is 0. The number of nitrogens with one attached hydrogen (secondary N) is 2. The van der Waals surface area contributed by atoms with Crippen molar-refractivity contribution < 1.29 is 19.4 Å². The molecule has 2 unspecified atom stereocenters. The van der Waals surface area contributed by atoms with Gasteiger partial charge in [0.25, 0.3) is 0 Å². The van der Waals surface area contributed by atoms with Crippen LogP contribution < -0.4 is 10.6 Å². The Morgan fingerprint density at radius 2 is 2.08 bits per heavy atom. The highest BCUT2D eigenvalue weighted by atomic mass is 16.6. The molecule has 1 aliphatic heterocycles. The summed E-state index contributed by atoms with van der Waals surface area (Å²) in [5.41, 5.74) is 1.06. The van der Waals surface area contributed by atoms with Crippen molar-refractivity contribution in [2.45, 2.75) is 44.9 Å². The summed E-state index contributed by atoms with van der Waals surface area (Å²) in [5, 5.41) is 16.6. The molecule has 2 rings (SSSR count). The fourth-order valence-electron chi connectivity index (χ4n) is 2.76. The summed E-state index contributed by atoms with van der Waals surface area (Å²) < 4.78 is 10.6. The highest BCUT2D eigenvalue weighted by molar-refractivity contribution is 5.68.